The summed E-state index contributed by atoms with van der Waals surface area (Å²) in [5.41, 5.74) is 0. The molecule has 1 N–H and O–H groups in total. The van der Waals surface area contributed by atoms with E-state index in [0.29, 0.717) is 0 Å². The van der Waals surface area contributed by atoms with Gasteiger partial charge in [0.05, 0.1) is 0 Å². The zero-order chi connectivity index (χ0) is 2.00. The Morgan fingerprint density at radius 2 is 1.25 bits per heavy atom. The molecule has 0 aliphatic rings. The van der Waals surface area contributed by atoms with Crippen LogP contribution in [0.4, 0.5) is 0 Å². The van der Waals surface area contributed by atoms with E-state index < -0.39 is 0 Å². The van der Waals surface area contributed by atoms with Gasteiger partial charge in [0.15, 0.2) is 0 Å². The van der Waals surface area contributed by atoms with Crippen LogP contribution in [0.15, 0.2) is 0 Å². The molecule has 0 radical (unpaired) electrons. The number of aliphatic hydroxyl groups excluding tert-OH is 1. The topological polar surface area (TPSA) is 20.2 Å². The molecule has 0 aromatic rings. The Morgan fingerprint density at radius 1 is 1.25 bits per heavy atom. The van der Waals surface area contributed by atoms with E-state index in [1.807, 2.05) is 0 Å². The second kappa shape index (κ2) is 24.4. The van der Waals surface area contributed by atoms with E-state index in [-0.39, 0.29) is 50.1 Å². The SMILES string of the molecule is CO.Cl.[CaH2]. The van der Waals surface area contributed by atoms with Gasteiger partial charge in [-0.05, 0) is 0 Å². The summed E-state index contributed by atoms with van der Waals surface area (Å²) in [6.07, 6.45) is 0. The molecule has 26 valence electrons. The van der Waals surface area contributed by atoms with Gasteiger partial charge in [-0.15, -0.1) is 12.4 Å². The molecular formula is CH7CaClO. The Hall–Kier alpha value is 1.51. The fourth-order valence-corrected chi connectivity index (χ4v) is 0. The first-order valence-electron chi connectivity index (χ1n) is 0.447. The summed E-state index contributed by atoms with van der Waals surface area (Å²) < 4.78 is 0. The fourth-order valence-electron chi connectivity index (χ4n) is 0. The molecule has 0 bridgehead atoms. The third kappa shape index (κ3) is 9.70. The standard InChI is InChI=1S/CH4O.Ca.ClH.2H/c1-2;;;;/h2H,1H3;;1H;;. The van der Waals surface area contributed by atoms with Crippen LogP contribution >= 0.6 is 12.4 Å². The van der Waals surface area contributed by atoms with Gasteiger partial charge in [0, 0.05) is 7.11 Å². The van der Waals surface area contributed by atoms with Gasteiger partial charge in [0.2, 0.25) is 0 Å². The molecule has 0 fully saturated rings. The first-order valence-corrected chi connectivity index (χ1v) is 0.447. The zero-order valence-electron chi connectivity index (χ0n) is 1.86. The average Bonchev–Trinajstić information content (AvgIpc) is 1.00. The van der Waals surface area contributed by atoms with Crippen LogP contribution in [0.25, 0.3) is 0 Å². The van der Waals surface area contributed by atoms with Crippen LogP contribution in [0, 0.1) is 0 Å². The van der Waals surface area contributed by atoms with E-state index in [0.717, 1.165) is 7.11 Å². The van der Waals surface area contributed by atoms with Gasteiger partial charge in [-0.3, -0.25) is 0 Å². The second-order valence-corrected chi connectivity index (χ2v) is 0. The average molecular weight is 111 g/mol. The predicted molar refractivity (Wildman–Crippen MR) is 23.9 cm³/mol. The zero-order valence-corrected chi connectivity index (χ0v) is 2.67. The van der Waals surface area contributed by atoms with Crippen LogP contribution in [-0.4, -0.2) is 50.0 Å². The third-order valence-corrected chi connectivity index (χ3v) is 0. The van der Waals surface area contributed by atoms with Crippen LogP contribution in [0.1, 0.15) is 0 Å². The first-order chi connectivity index (χ1) is 1.00. The Labute approximate surface area is 61.8 Å². The second-order valence-electron chi connectivity index (χ2n) is 0. The summed E-state index contributed by atoms with van der Waals surface area (Å²) in [4.78, 5) is 0. The van der Waals surface area contributed by atoms with Crippen LogP contribution in [-0.2, 0) is 0 Å². The van der Waals surface area contributed by atoms with Crippen molar-refractivity contribution in [2.45, 2.75) is 0 Å². The molecule has 0 saturated heterocycles. The van der Waals surface area contributed by atoms with Crippen molar-refractivity contribution >= 4 is 50.1 Å². The third-order valence-electron chi connectivity index (χ3n) is 0. The van der Waals surface area contributed by atoms with Crippen molar-refractivity contribution in [3.05, 3.63) is 0 Å². The van der Waals surface area contributed by atoms with E-state index in [4.69, 9.17) is 5.11 Å². The monoisotopic (exact) mass is 110 g/mol. The maximum absolute atomic E-state index is 7.00. The van der Waals surface area contributed by atoms with E-state index in [2.05, 4.69) is 0 Å². The molecule has 3 heteroatoms. The molecule has 0 aliphatic carbocycles. The minimum atomic E-state index is 0. The van der Waals surface area contributed by atoms with Gasteiger partial charge >= 0.3 is 37.7 Å². The van der Waals surface area contributed by atoms with Gasteiger partial charge < -0.3 is 5.11 Å². The fraction of sp³-hybridized carbons (Fsp3) is 1.00. The molecule has 0 aromatic carbocycles. The summed E-state index contributed by atoms with van der Waals surface area (Å²) in [5, 5.41) is 7.00. The number of halogens is 1. The Morgan fingerprint density at radius 3 is 1.25 bits per heavy atom. The van der Waals surface area contributed by atoms with Crippen LogP contribution in [0.5, 0.6) is 0 Å². The Kier molecular flexibility index (Phi) is 108. The molecule has 0 amide bonds. The predicted octanol–water partition coefficient (Wildman–Crippen LogP) is -0.886. The van der Waals surface area contributed by atoms with Crippen molar-refractivity contribution in [2.24, 2.45) is 0 Å². The van der Waals surface area contributed by atoms with Gasteiger partial charge in [-0.25, -0.2) is 0 Å². The summed E-state index contributed by atoms with van der Waals surface area (Å²) >= 11 is 0. The number of aliphatic hydroxyl groups is 1. The van der Waals surface area contributed by atoms with E-state index in [1.165, 1.54) is 0 Å². The molecule has 0 atom stereocenters. The summed E-state index contributed by atoms with van der Waals surface area (Å²) in [6.45, 7) is 0. The first kappa shape index (κ1) is 17.8. The molecule has 0 aliphatic heterocycles. The summed E-state index contributed by atoms with van der Waals surface area (Å²) in [7, 11) is 1.00. The number of hydrogen-bond acceptors (Lipinski definition) is 1. The molecule has 0 unspecified atom stereocenters. The minimum absolute atomic E-state index is 0. The molecular weight excluding hydrogens is 104 g/mol. The molecule has 0 rings (SSSR count). The van der Waals surface area contributed by atoms with Crippen LogP contribution in [0.3, 0.4) is 0 Å². The van der Waals surface area contributed by atoms with Crippen LogP contribution in [0.2, 0.25) is 0 Å². The molecule has 1 nitrogen and oxygen atoms in total. The van der Waals surface area contributed by atoms with Crippen molar-refractivity contribution in [1.29, 1.82) is 0 Å². The van der Waals surface area contributed by atoms with E-state index in [9.17, 15) is 0 Å². The maximum atomic E-state index is 7.00. The number of rotatable bonds is 0. The van der Waals surface area contributed by atoms with E-state index in [1.54, 1.807) is 0 Å². The molecule has 0 spiro atoms. The van der Waals surface area contributed by atoms with Gasteiger partial charge in [-0.2, -0.15) is 0 Å². The molecule has 0 aromatic heterocycles. The molecule has 4 heavy (non-hydrogen) atoms. The summed E-state index contributed by atoms with van der Waals surface area (Å²) in [6, 6.07) is 0. The van der Waals surface area contributed by atoms with E-state index >= 15 is 0 Å². The quantitative estimate of drug-likeness (QED) is 0.402. The molecule has 0 heterocycles. The van der Waals surface area contributed by atoms with Gasteiger partial charge in [0.1, 0.15) is 0 Å². The van der Waals surface area contributed by atoms with Gasteiger partial charge in [0.25, 0.3) is 0 Å². The Balaban J connectivity index is -0.00000000500. The number of hydrogen-bond donors (Lipinski definition) is 1. The van der Waals surface area contributed by atoms with Crippen molar-refractivity contribution in [3.63, 3.8) is 0 Å². The van der Waals surface area contributed by atoms with Crippen molar-refractivity contribution in [2.75, 3.05) is 7.11 Å². The van der Waals surface area contributed by atoms with Crippen molar-refractivity contribution in [3.8, 4) is 0 Å². The van der Waals surface area contributed by atoms with Crippen molar-refractivity contribution in [1.82, 2.24) is 0 Å². The van der Waals surface area contributed by atoms with Crippen LogP contribution < -0.4 is 0 Å². The summed E-state index contributed by atoms with van der Waals surface area (Å²) in [5.74, 6) is 0. The Bertz CT molecular complexity index is 8.00. The molecule has 0 saturated carbocycles. The van der Waals surface area contributed by atoms with Crippen molar-refractivity contribution < 1.29 is 5.11 Å². The normalized spacial score (nSPS) is 1.50. The van der Waals surface area contributed by atoms with Gasteiger partial charge in [-0.1, -0.05) is 0 Å².